The van der Waals surface area contributed by atoms with Crippen molar-refractivity contribution in [2.24, 2.45) is 5.92 Å². The fraction of sp³-hybridized carbons (Fsp3) is 0.704. The number of aliphatic carboxylic acids is 1. The molecule has 1 atom stereocenters. The van der Waals surface area contributed by atoms with Gasteiger partial charge in [-0.25, -0.2) is 9.59 Å². The van der Waals surface area contributed by atoms with Crippen molar-refractivity contribution in [3.8, 4) is 5.75 Å². The Bertz CT molecular complexity index is 689. The Labute approximate surface area is 205 Å². The van der Waals surface area contributed by atoms with E-state index in [1.165, 1.54) is 19.3 Å². The van der Waals surface area contributed by atoms with Gasteiger partial charge in [-0.2, -0.15) is 0 Å². The van der Waals surface area contributed by atoms with Crippen LogP contribution >= 0.6 is 0 Å². The van der Waals surface area contributed by atoms with E-state index in [2.05, 4.69) is 6.92 Å². The van der Waals surface area contributed by atoms with E-state index in [4.69, 9.17) is 14.2 Å². The molecule has 1 amide bonds. The second-order valence-corrected chi connectivity index (χ2v) is 9.43. The number of carboxylic acids is 1. The number of nitrogens with zero attached hydrogens (tertiary/aromatic N) is 1. The number of hydrogen-bond donors (Lipinski definition) is 1. The number of carboxylic acid groups (broad SMARTS) is 1. The molecule has 34 heavy (non-hydrogen) atoms. The summed E-state index contributed by atoms with van der Waals surface area (Å²) in [4.78, 5) is 25.7. The van der Waals surface area contributed by atoms with Gasteiger partial charge in [-0.1, -0.05) is 58.6 Å². The molecule has 0 radical (unpaired) electrons. The van der Waals surface area contributed by atoms with Crippen LogP contribution in [-0.2, 0) is 20.7 Å². The van der Waals surface area contributed by atoms with Crippen LogP contribution in [0.3, 0.4) is 0 Å². The van der Waals surface area contributed by atoms with Gasteiger partial charge in [0.25, 0.3) is 0 Å². The van der Waals surface area contributed by atoms with Crippen molar-refractivity contribution in [2.75, 3.05) is 26.3 Å². The number of unbranched alkanes of at least 4 members (excludes halogenated alkanes) is 4. The summed E-state index contributed by atoms with van der Waals surface area (Å²) in [5.74, 6) is 0.0640. The van der Waals surface area contributed by atoms with E-state index in [0.717, 1.165) is 18.4 Å². The minimum atomic E-state index is -0.962. The van der Waals surface area contributed by atoms with Crippen LogP contribution in [0.25, 0.3) is 0 Å². The second-order valence-electron chi connectivity index (χ2n) is 9.43. The lowest BCUT2D eigenvalue weighted by atomic mass is 10.1. The van der Waals surface area contributed by atoms with E-state index in [-0.39, 0.29) is 12.2 Å². The highest BCUT2D eigenvalue weighted by atomic mass is 16.6. The standard InChI is InChI=1S/C27H45NO6/c1-6-7-8-9-10-16-28(27(31)33-20-21(2)3)17-11-18-32-24-14-12-23(13-15-24)19-25(26(29)30)34-22(4)5/h12-15,21-22,25H,6-11,16-20H2,1-5H3,(H,29,30). The summed E-state index contributed by atoms with van der Waals surface area (Å²) in [7, 11) is 0. The molecule has 0 saturated carbocycles. The van der Waals surface area contributed by atoms with Gasteiger partial charge in [0.1, 0.15) is 5.75 Å². The quantitative estimate of drug-likeness (QED) is 0.262. The topological polar surface area (TPSA) is 85.3 Å². The molecule has 0 fully saturated rings. The van der Waals surface area contributed by atoms with Gasteiger partial charge in [0.15, 0.2) is 6.10 Å². The number of amides is 1. The number of ether oxygens (including phenoxy) is 3. The van der Waals surface area contributed by atoms with E-state index in [1.807, 2.05) is 52.0 Å². The van der Waals surface area contributed by atoms with Crippen molar-refractivity contribution >= 4 is 12.1 Å². The van der Waals surface area contributed by atoms with Crippen LogP contribution in [-0.4, -0.2) is 60.6 Å². The summed E-state index contributed by atoms with van der Waals surface area (Å²) in [5.41, 5.74) is 0.877. The maximum atomic E-state index is 12.5. The van der Waals surface area contributed by atoms with Crippen molar-refractivity contribution < 1.29 is 28.9 Å². The molecular formula is C27H45NO6. The normalized spacial score (nSPS) is 12.1. The van der Waals surface area contributed by atoms with Crippen molar-refractivity contribution in [3.63, 3.8) is 0 Å². The highest BCUT2D eigenvalue weighted by Gasteiger charge is 2.20. The first-order valence-electron chi connectivity index (χ1n) is 12.7. The van der Waals surface area contributed by atoms with Gasteiger partial charge in [-0.3, -0.25) is 0 Å². The molecule has 0 aliphatic carbocycles. The lowest BCUT2D eigenvalue weighted by Crippen LogP contribution is -2.34. The fourth-order valence-corrected chi connectivity index (χ4v) is 3.43. The Balaban J connectivity index is 2.49. The molecule has 1 rings (SSSR count). The van der Waals surface area contributed by atoms with E-state index < -0.39 is 12.1 Å². The minimum absolute atomic E-state index is 0.151. The zero-order valence-corrected chi connectivity index (χ0v) is 21.8. The molecule has 0 heterocycles. The molecule has 0 aliphatic heterocycles. The summed E-state index contributed by atoms with van der Waals surface area (Å²) in [5, 5.41) is 9.33. The molecule has 0 saturated heterocycles. The van der Waals surface area contributed by atoms with E-state index in [0.29, 0.717) is 50.8 Å². The predicted octanol–water partition coefficient (Wildman–Crippen LogP) is 5.94. The Morgan fingerprint density at radius 2 is 1.59 bits per heavy atom. The van der Waals surface area contributed by atoms with E-state index in [1.54, 1.807) is 4.90 Å². The molecule has 0 bridgehead atoms. The molecule has 7 nitrogen and oxygen atoms in total. The molecule has 0 spiro atoms. The van der Waals surface area contributed by atoms with Gasteiger partial charge in [0, 0.05) is 19.5 Å². The molecule has 0 aliphatic rings. The third kappa shape index (κ3) is 13.4. The predicted molar refractivity (Wildman–Crippen MR) is 134 cm³/mol. The minimum Gasteiger partial charge on any atom is -0.494 e. The molecule has 1 aromatic rings. The van der Waals surface area contributed by atoms with Crippen LogP contribution in [0.1, 0.15) is 78.7 Å². The van der Waals surface area contributed by atoms with Gasteiger partial charge in [0.05, 0.1) is 19.3 Å². The average molecular weight is 480 g/mol. The maximum absolute atomic E-state index is 12.5. The highest BCUT2D eigenvalue weighted by molar-refractivity contribution is 5.72. The van der Waals surface area contributed by atoms with Crippen LogP contribution < -0.4 is 4.74 Å². The van der Waals surface area contributed by atoms with Gasteiger partial charge in [0.2, 0.25) is 0 Å². The number of carbonyl (C=O) groups is 2. The van der Waals surface area contributed by atoms with Crippen LogP contribution in [0.15, 0.2) is 24.3 Å². The van der Waals surface area contributed by atoms with Gasteiger partial charge in [-0.05, 0) is 50.3 Å². The Morgan fingerprint density at radius 1 is 0.941 bits per heavy atom. The average Bonchev–Trinajstić information content (AvgIpc) is 2.78. The van der Waals surface area contributed by atoms with Crippen molar-refractivity contribution in [1.29, 1.82) is 0 Å². The molecule has 7 heteroatoms. The second kappa shape index (κ2) is 17.2. The number of benzene rings is 1. The summed E-state index contributed by atoms with van der Waals surface area (Å²) in [6, 6.07) is 7.40. The SMILES string of the molecule is CCCCCCCN(CCCOc1ccc(CC(OC(C)C)C(=O)O)cc1)C(=O)OCC(C)C. The Morgan fingerprint density at radius 3 is 2.18 bits per heavy atom. The smallest absolute Gasteiger partial charge is 0.409 e. The van der Waals surface area contributed by atoms with Crippen LogP contribution in [0, 0.1) is 5.92 Å². The highest BCUT2D eigenvalue weighted by Crippen LogP contribution is 2.16. The molecule has 1 N–H and O–H groups in total. The zero-order valence-electron chi connectivity index (χ0n) is 21.8. The summed E-state index contributed by atoms with van der Waals surface area (Å²) < 4.78 is 16.7. The van der Waals surface area contributed by atoms with E-state index in [9.17, 15) is 14.7 Å². The van der Waals surface area contributed by atoms with Gasteiger partial charge in [-0.15, -0.1) is 0 Å². The first-order chi connectivity index (χ1) is 16.2. The first-order valence-corrected chi connectivity index (χ1v) is 12.7. The van der Waals surface area contributed by atoms with Gasteiger partial charge >= 0.3 is 12.1 Å². The van der Waals surface area contributed by atoms with Crippen LogP contribution in [0.5, 0.6) is 5.75 Å². The lowest BCUT2D eigenvalue weighted by Gasteiger charge is -2.23. The number of carbonyl (C=O) groups excluding carboxylic acids is 1. The summed E-state index contributed by atoms with van der Waals surface area (Å²) in [6.07, 6.45) is 5.48. The third-order valence-electron chi connectivity index (χ3n) is 5.23. The maximum Gasteiger partial charge on any atom is 0.409 e. The number of hydrogen-bond acceptors (Lipinski definition) is 5. The first kappa shape index (κ1) is 29.8. The monoisotopic (exact) mass is 479 g/mol. The number of rotatable bonds is 18. The van der Waals surface area contributed by atoms with Crippen molar-refractivity contribution in [3.05, 3.63) is 29.8 Å². The molecular weight excluding hydrogens is 434 g/mol. The van der Waals surface area contributed by atoms with Crippen LogP contribution in [0.2, 0.25) is 0 Å². The molecule has 1 aromatic carbocycles. The molecule has 194 valence electrons. The van der Waals surface area contributed by atoms with Crippen molar-refractivity contribution in [1.82, 2.24) is 4.90 Å². The van der Waals surface area contributed by atoms with Crippen molar-refractivity contribution in [2.45, 2.75) is 91.8 Å². The zero-order chi connectivity index (χ0) is 25.3. The van der Waals surface area contributed by atoms with Crippen LogP contribution in [0.4, 0.5) is 4.79 Å². The fourth-order valence-electron chi connectivity index (χ4n) is 3.43. The summed E-state index contributed by atoms with van der Waals surface area (Å²) >= 11 is 0. The Kier molecular flexibility index (Phi) is 15.0. The largest absolute Gasteiger partial charge is 0.494 e. The molecule has 1 unspecified atom stereocenters. The molecule has 0 aromatic heterocycles. The lowest BCUT2D eigenvalue weighted by molar-refractivity contribution is -0.153. The summed E-state index contributed by atoms with van der Waals surface area (Å²) in [6.45, 7) is 12.1. The Hall–Kier alpha value is -2.28. The van der Waals surface area contributed by atoms with E-state index >= 15 is 0 Å². The third-order valence-corrected chi connectivity index (χ3v) is 5.23. The van der Waals surface area contributed by atoms with Gasteiger partial charge < -0.3 is 24.2 Å².